The molecule has 5 heterocycles. The summed E-state index contributed by atoms with van der Waals surface area (Å²) in [4.78, 5) is 33.0. The molecule has 3 aliphatic heterocycles. The number of aromatic nitrogens is 2. The summed E-state index contributed by atoms with van der Waals surface area (Å²) >= 11 is 1.80. The number of allylic oxidation sites excluding steroid dienone is 1. The van der Waals surface area contributed by atoms with E-state index in [-0.39, 0.29) is 17.9 Å². The first-order valence-corrected chi connectivity index (χ1v) is 12.5. The molecule has 1 fully saturated rings. The predicted octanol–water partition coefficient (Wildman–Crippen LogP) is 1.87. The molecule has 1 saturated heterocycles. The van der Waals surface area contributed by atoms with Crippen LogP contribution in [0.1, 0.15) is 29.7 Å². The van der Waals surface area contributed by atoms with E-state index in [2.05, 4.69) is 53.9 Å². The van der Waals surface area contributed by atoms with Gasteiger partial charge in [-0.15, -0.1) is 11.3 Å². The molecule has 176 valence electrons. The number of thiophene rings is 1. The average Bonchev–Trinajstić information content (AvgIpc) is 3.51. The van der Waals surface area contributed by atoms with Gasteiger partial charge in [-0.3, -0.25) is 25.0 Å². The highest BCUT2D eigenvalue weighted by Gasteiger charge is 2.57. The summed E-state index contributed by atoms with van der Waals surface area (Å²) in [6.45, 7) is 3.47. The summed E-state index contributed by atoms with van der Waals surface area (Å²) in [6, 6.07) is 4.54. The van der Waals surface area contributed by atoms with Crippen molar-refractivity contribution in [2.45, 2.75) is 43.4 Å². The lowest BCUT2D eigenvalue weighted by Crippen LogP contribution is -2.70. The lowest BCUT2D eigenvalue weighted by Gasteiger charge is -2.50. The van der Waals surface area contributed by atoms with Crippen LogP contribution >= 0.6 is 11.3 Å². The highest BCUT2D eigenvalue weighted by molar-refractivity contribution is 7.09. The van der Waals surface area contributed by atoms with Crippen molar-refractivity contribution in [1.82, 2.24) is 25.2 Å². The number of Topliss-reactive ketones (excluding diaryl/α,β-unsaturated/α-hetero) is 1. The Labute approximate surface area is 202 Å². The molecule has 2 aromatic heterocycles. The molecule has 3 atom stereocenters. The van der Waals surface area contributed by atoms with E-state index < -0.39 is 5.54 Å². The molecule has 0 radical (unpaired) electrons. The Morgan fingerprint density at radius 3 is 3.00 bits per heavy atom. The highest BCUT2D eigenvalue weighted by Crippen LogP contribution is 2.37. The monoisotopic (exact) mass is 477 g/mol. The van der Waals surface area contributed by atoms with E-state index in [1.54, 1.807) is 23.7 Å². The molecule has 2 aromatic rings. The fraction of sp³-hybridized carbons (Fsp3) is 0.458. The molecule has 10 heteroatoms. The summed E-state index contributed by atoms with van der Waals surface area (Å²) < 4.78 is 5.09. The second-order valence-corrected chi connectivity index (χ2v) is 10.2. The number of methoxy groups -OCH3 is 1. The van der Waals surface area contributed by atoms with Gasteiger partial charge in [0.05, 0.1) is 19.5 Å². The van der Waals surface area contributed by atoms with Gasteiger partial charge in [0.15, 0.2) is 5.78 Å². The number of hydrogen-bond acceptors (Lipinski definition) is 10. The first-order chi connectivity index (χ1) is 16.7. The molecule has 6 rings (SSSR count). The molecule has 1 N–H and O–H groups in total. The van der Waals surface area contributed by atoms with Gasteiger partial charge in [-0.05, 0) is 30.8 Å². The van der Waals surface area contributed by atoms with Gasteiger partial charge in [-0.2, -0.15) is 5.10 Å². The normalized spacial score (nSPS) is 29.1. The topological polar surface area (TPSA) is 95.3 Å². The Hall–Kier alpha value is -2.95. The Balaban J connectivity index is 1.29. The van der Waals surface area contributed by atoms with Crippen molar-refractivity contribution < 1.29 is 9.53 Å². The van der Waals surface area contributed by atoms with Gasteiger partial charge in [0.25, 0.3) is 0 Å². The van der Waals surface area contributed by atoms with Crippen LogP contribution in [0.25, 0.3) is 0 Å². The third kappa shape index (κ3) is 3.57. The van der Waals surface area contributed by atoms with Crippen LogP contribution in [0.3, 0.4) is 0 Å². The fourth-order valence-corrected chi connectivity index (χ4v) is 6.35. The van der Waals surface area contributed by atoms with Gasteiger partial charge in [-0.25, -0.2) is 9.97 Å². The molecule has 4 aliphatic rings. The van der Waals surface area contributed by atoms with Crippen molar-refractivity contribution in [2.75, 3.05) is 26.9 Å². The number of ether oxygens (including phenoxy) is 1. The van der Waals surface area contributed by atoms with E-state index in [9.17, 15) is 4.79 Å². The molecule has 34 heavy (non-hydrogen) atoms. The number of carbonyl (C=O) groups is 1. The van der Waals surface area contributed by atoms with Gasteiger partial charge in [0.1, 0.15) is 17.3 Å². The number of aliphatic imine (C=N–C) groups is 1. The Bertz CT molecular complexity index is 1160. The molecular formula is C24H27N7O2S. The van der Waals surface area contributed by atoms with Crippen LogP contribution in [0.2, 0.25) is 0 Å². The second kappa shape index (κ2) is 8.68. The fourth-order valence-electron chi connectivity index (χ4n) is 5.60. The molecule has 0 amide bonds. The minimum absolute atomic E-state index is 0.209. The van der Waals surface area contributed by atoms with Gasteiger partial charge < -0.3 is 4.74 Å². The van der Waals surface area contributed by atoms with Crippen molar-refractivity contribution in [2.24, 2.45) is 10.1 Å². The van der Waals surface area contributed by atoms with E-state index in [1.165, 1.54) is 12.0 Å². The second-order valence-electron chi connectivity index (χ2n) is 9.15. The molecule has 9 nitrogen and oxygen atoms in total. The zero-order valence-electron chi connectivity index (χ0n) is 19.1. The van der Waals surface area contributed by atoms with E-state index in [1.807, 2.05) is 6.08 Å². The number of ketones is 1. The number of nitrogens with one attached hydrogen (secondary N) is 1. The molecule has 0 bridgehead atoms. The quantitative estimate of drug-likeness (QED) is 0.657. The number of carbonyl (C=O) groups excluding carboxylic acids is 1. The van der Waals surface area contributed by atoms with Crippen LogP contribution in [0.5, 0.6) is 6.01 Å². The molecule has 0 aromatic carbocycles. The van der Waals surface area contributed by atoms with Crippen molar-refractivity contribution in [3.63, 3.8) is 0 Å². The Morgan fingerprint density at radius 2 is 2.21 bits per heavy atom. The Morgan fingerprint density at radius 1 is 1.32 bits per heavy atom. The Kier molecular flexibility index (Phi) is 5.51. The van der Waals surface area contributed by atoms with Crippen LogP contribution in [0, 0.1) is 0 Å². The van der Waals surface area contributed by atoms with E-state index >= 15 is 0 Å². The lowest BCUT2D eigenvalue weighted by molar-refractivity contribution is -0.127. The van der Waals surface area contributed by atoms with Crippen LogP contribution in [-0.2, 0) is 11.3 Å². The van der Waals surface area contributed by atoms with Gasteiger partial charge in [-0.1, -0.05) is 18.2 Å². The summed E-state index contributed by atoms with van der Waals surface area (Å²) in [5, 5.41) is 6.77. The van der Waals surface area contributed by atoms with Crippen LogP contribution < -0.4 is 10.2 Å². The standard InChI is InChI=1S/C24H27N7O2S/c1-33-23-25-11-16(12-26-23)20-21-24(29-28-20)8-2-7-19(32)22(24)31(15-27-21)17-5-3-9-30(13-17)14-18-6-4-10-34-18/h2,4,6,8,10-12,17,22,29H,3,5,7,9,13-15H2,1H3/t17-,22?,24?/m1/s1. The maximum absolute atomic E-state index is 13.4. The minimum atomic E-state index is -0.751. The van der Waals surface area contributed by atoms with Crippen LogP contribution in [0.15, 0.2) is 52.2 Å². The number of rotatable bonds is 5. The first kappa shape index (κ1) is 21.6. The number of piperidine rings is 1. The maximum Gasteiger partial charge on any atom is 0.316 e. The van der Waals surface area contributed by atoms with E-state index in [4.69, 9.17) is 9.73 Å². The van der Waals surface area contributed by atoms with Crippen LogP contribution in [0.4, 0.5) is 0 Å². The SMILES string of the molecule is COc1ncc(C2=NNC34C=CCC(=O)C3N([C@@H]3CCCN(Cc5cccs5)C3)CN=C24)cn1. The lowest BCUT2D eigenvalue weighted by atomic mass is 9.74. The summed E-state index contributed by atoms with van der Waals surface area (Å²) in [7, 11) is 1.54. The van der Waals surface area contributed by atoms with Crippen molar-refractivity contribution >= 4 is 28.5 Å². The number of likely N-dealkylation sites (tertiary alicyclic amines) is 1. The third-order valence-corrected chi connectivity index (χ3v) is 7.98. The summed E-state index contributed by atoms with van der Waals surface area (Å²) in [6.07, 6.45) is 10.0. The summed E-state index contributed by atoms with van der Waals surface area (Å²) in [5.74, 6) is 0.209. The molecular weight excluding hydrogens is 450 g/mol. The van der Waals surface area contributed by atoms with Crippen molar-refractivity contribution in [3.8, 4) is 6.01 Å². The number of nitrogens with zero attached hydrogens (tertiary/aromatic N) is 6. The largest absolute Gasteiger partial charge is 0.467 e. The smallest absolute Gasteiger partial charge is 0.316 e. The van der Waals surface area contributed by atoms with Gasteiger partial charge >= 0.3 is 6.01 Å². The third-order valence-electron chi connectivity index (χ3n) is 7.12. The van der Waals surface area contributed by atoms with Crippen molar-refractivity contribution in [3.05, 3.63) is 52.5 Å². The zero-order valence-corrected chi connectivity index (χ0v) is 19.9. The maximum atomic E-state index is 13.4. The average molecular weight is 478 g/mol. The van der Waals surface area contributed by atoms with Gasteiger partial charge in [0, 0.05) is 48.4 Å². The number of hydrogen-bond donors (Lipinski definition) is 1. The highest BCUT2D eigenvalue weighted by atomic mass is 32.1. The van der Waals surface area contributed by atoms with Crippen LogP contribution in [-0.4, -0.2) is 81.5 Å². The molecule has 2 unspecified atom stereocenters. The molecule has 1 spiro atoms. The van der Waals surface area contributed by atoms with Gasteiger partial charge in [0.2, 0.25) is 0 Å². The van der Waals surface area contributed by atoms with E-state index in [0.717, 1.165) is 43.8 Å². The minimum Gasteiger partial charge on any atom is -0.467 e. The zero-order chi connectivity index (χ0) is 23.1. The first-order valence-electron chi connectivity index (χ1n) is 11.7. The number of hydrazone groups is 1. The molecule has 0 saturated carbocycles. The molecule has 1 aliphatic carbocycles. The predicted molar refractivity (Wildman–Crippen MR) is 130 cm³/mol. The van der Waals surface area contributed by atoms with Crippen molar-refractivity contribution in [1.29, 1.82) is 0 Å². The summed E-state index contributed by atoms with van der Waals surface area (Å²) in [5.41, 5.74) is 4.79. The van der Waals surface area contributed by atoms with E-state index in [0.29, 0.717) is 24.8 Å².